The van der Waals surface area contributed by atoms with E-state index in [1.54, 1.807) is 32.0 Å². The molecule has 0 unspecified atom stereocenters. The normalized spacial score (nSPS) is 10.9. The van der Waals surface area contributed by atoms with Gasteiger partial charge >= 0.3 is 0 Å². The number of amides is 2. The molecule has 47 heavy (non-hydrogen) atoms. The lowest BCUT2D eigenvalue weighted by atomic mass is 10.1. The lowest BCUT2D eigenvalue weighted by molar-refractivity contribution is 0.0749. The van der Waals surface area contributed by atoms with Gasteiger partial charge in [-0.05, 0) is 69.3 Å². The Morgan fingerprint density at radius 3 is 1.72 bits per heavy atom. The van der Waals surface area contributed by atoms with Crippen molar-refractivity contribution in [3.8, 4) is 11.8 Å². The molecule has 0 saturated heterocycles. The number of unbranched alkanes of at least 4 members (excludes halogenated alkanes) is 4. The van der Waals surface area contributed by atoms with Gasteiger partial charge in [-0.1, -0.05) is 67.2 Å². The highest BCUT2D eigenvalue weighted by molar-refractivity contribution is 7.10. The number of azo groups is 1. The molecule has 11 nitrogen and oxygen atoms in total. The van der Waals surface area contributed by atoms with Crippen LogP contribution < -0.4 is 5.73 Å². The standard InChI is InChI=1S/C33H47N9O2S.C2H6/c1-7-11-15-40(16-12-8-2)32(43)25-19-26(33(44)41(17-13-9-3)18-14-10-4)21-27(20-25)42-30(35)29(24(6)38-42)36-37-31-28(22-34)23(5)39-45-31;1-2/h19-21H,7-18,35H2,1-6H3;1-2H3. The van der Waals surface area contributed by atoms with E-state index in [4.69, 9.17) is 5.73 Å². The average Bonchev–Trinajstić information content (AvgIpc) is 3.60. The number of aromatic nitrogens is 3. The van der Waals surface area contributed by atoms with Crippen LogP contribution in [0.15, 0.2) is 28.4 Å². The number of aryl methyl sites for hydroxylation is 2. The highest BCUT2D eigenvalue weighted by Crippen LogP contribution is 2.34. The number of anilines is 1. The first-order valence-corrected chi connectivity index (χ1v) is 17.8. The third-order valence-corrected chi connectivity index (χ3v) is 8.44. The van der Waals surface area contributed by atoms with Crippen molar-refractivity contribution in [1.82, 2.24) is 24.0 Å². The van der Waals surface area contributed by atoms with Gasteiger partial charge in [-0.3, -0.25) is 9.59 Å². The van der Waals surface area contributed by atoms with Crippen LogP contribution in [0.4, 0.5) is 16.5 Å². The van der Waals surface area contributed by atoms with Crippen LogP contribution in [-0.4, -0.2) is 61.9 Å². The first-order chi connectivity index (χ1) is 22.7. The Labute approximate surface area is 285 Å². The van der Waals surface area contributed by atoms with Crippen molar-refractivity contribution in [2.45, 2.75) is 107 Å². The predicted octanol–water partition coefficient (Wildman–Crippen LogP) is 8.93. The third kappa shape index (κ3) is 10.4. The summed E-state index contributed by atoms with van der Waals surface area (Å²) in [6, 6.07) is 7.32. The maximum atomic E-state index is 14.0. The average molecular weight is 664 g/mol. The molecule has 0 radical (unpaired) electrons. The summed E-state index contributed by atoms with van der Waals surface area (Å²) in [5, 5.41) is 23.1. The smallest absolute Gasteiger partial charge is 0.253 e. The van der Waals surface area contributed by atoms with Crippen LogP contribution in [0.5, 0.6) is 0 Å². The molecule has 256 valence electrons. The molecule has 0 aliphatic heterocycles. The zero-order chi connectivity index (χ0) is 34.9. The molecule has 2 N–H and O–H groups in total. The van der Waals surface area contributed by atoms with Crippen molar-refractivity contribution in [2.24, 2.45) is 10.2 Å². The highest BCUT2D eigenvalue weighted by atomic mass is 32.1. The van der Waals surface area contributed by atoms with Crippen LogP contribution in [0.2, 0.25) is 0 Å². The van der Waals surface area contributed by atoms with Crippen LogP contribution in [0.25, 0.3) is 5.69 Å². The Hall–Kier alpha value is -4.11. The van der Waals surface area contributed by atoms with Gasteiger partial charge in [-0.25, -0.2) is 4.68 Å². The number of carbonyl (C=O) groups excluding carboxylic acids is 2. The molecule has 0 atom stereocenters. The molecule has 0 saturated carbocycles. The second-order valence-corrected chi connectivity index (χ2v) is 12.0. The summed E-state index contributed by atoms with van der Waals surface area (Å²) in [5.41, 5.74) is 9.74. The molecule has 0 bridgehead atoms. The van der Waals surface area contributed by atoms with Crippen LogP contribution >= 0.6 is 11.5 Å². The fraction of sp³-hybridized carbons (Fsp3) is 0.571. The minimum absolute atomic E-state index is 0.117. The van der Waals surface area contributed by atoms with Gasteiger partial charge in [0.1, 0.15) is 11.6 Å². The van der Waals surface area contributed by atoms with E-state index in [1.807, 2.05) is 23.6 Å². The number of benzene rings is 1. The van der Waals surface area contributed by atoms with Gasteiger partial charge in [0.15, 0.2) is 16.5 Å². The number of hydrogen-bond donors (Lipinski definition) is 1. The van der Waals surface area contributed by atoms with E-state index in [0.717, 1.165) is 62.9 Å². The van der Waals surface area contributed by atoms with E-state index < -0.39 is 0 Å². The van der Waals surface area contributed by atoms with Crippen molar-refractivity contribution in [2.75, 3.05) is 31.9 Å². The van der Waals surface area contributed by atoms with Gasteiger partial charge in [0.05, 0.1) is 17.1 Å². The van der Waals surface area contributed by atoms with Gasteiger partial charge < -0.3 is 15.5 Å². The molecule has 3 rings (SSSR count). The van der Waals surface area contributed by atoms with Crippen LogP contribution in [0.3, 0.4) is 0 Å². The molecule has 12 heteroatoms. The van der Waals surface area contributed by atoms with E-state index in [9.17, 15) is 14.9 Å². The minimum atomic E-state index is -0.117. The molecule has 1 aromatic carbocycles. The molecule has 0 aliphatic rings. The quantitative estimate of drug-likeness (QED) is 0.143. The summed E-state index contributed by atoms with van der Waals surface area (Å²) in [5.74, 6) is -0.0245. The number of carbonyl (C=O) groups is 2. The van der Waals surface area contributed by atoms with Gasteiger partial charge in [0.25, 0.3) is 11.8 Å². The van der Waals surface area contributed by atoms with Crippen molar-refractivity contribution in [3.05, 3.63) is 46.3 Å². The van der Waals surface area contributed by atoms with E-state index >= 15 is 0 Å². The topological polar surface area (TPSA) is 146 Å². The summed E-state index contributed by atoms with van der Waals surface area (Å²) >= 11 is 1.09. The van der Waals surface area contributed by atoms with Crippen LogP contribution in [0.1, 0.15) is 131 Å². The number of rotatable bonds is 17. The molecular weight excluding hydrogens is 611 g/mol. The lowest BCUT2D eigenvalue weighted by Gasteiger charge is -2.25. The molecule has 0 spiro atoms. The number of nitrogens with two attached hydrogens (primary N) is 1. The molecule has 2 aromatic heterocycles. The molecule has 0 aliphatic carbocycles. The largest absolute Gasteiger partial charge is 0.382 e. The predicted molar refractivity (Wildman–Crippen MR) is 191 cm³/mol. The van der Waals surface area contributed by atoms with Gasteiger partial charge in [0.2, 0.25) is 0 Å². The number of hydrogen-bond acceptors (Lipinski definition) is 9. The highest BCUT2D eigenvalue weighted by Gasteiger charge is 2.23. The zero-order valence-electron chi connectivity index (χ0n) is 29.6. The molecular formula is C35H53N9O2S. The molecule has 2 heterocycles. The van der Waals surface area contributed by atoms with E-state index in [0.29, 0.717) is 70.6 Å². The Morgan fingerprint density at radius 2 is 1.30 bits per heavy atom. The first-order valence-electron chi connectivity index (χ1n) is 17.1. The third-order valence-electron chi connectivity index (χ3n) is 7.62. The van der Waals surface area contributed by atoms with Crippen molar-refractivity contribution in [3.63, 3.8) is 0 Å². The zero-order valence-corrected chi connectivity index (χ0v) is 30.4. The summed E-state index contributed by atoms with van der Waals surface area (Å²) in [6.07, 6.45) is 7.48. The fourth-order valence-corrected chi connectivity index (χ4v) is 5.56. The second-order valence-electron chi connectivity index (χ2n) is 11.3. The SMILES string of the molecule is CC.CCCCN(CCCC)C(=O)c1cc(C(=O)N(CCCC)CCCC)cc(-n2nc(C)c(N=Nc3snc(C)c3C#N)c2N)c1. The maximum absolute atomic E-state index is 14.0. The number of nitriles is 1. The van der Waals surface area contributed by atoms with Crippen LogP contribution in [-0.2, 0) is 0 Å². The molecule has 0 fully saturated rings. The van der Waals surface area contributed by atoms with Crippen LogP contribution in [0, 0.1) is 25.2 Å². The Bertz CT molecular complexity index is 1450. The van der Waals surface area contributed by atoms with Gasteiger partial charge in [-0.15, -0.1) is 10.2 Å². The van der Waals surface area contributed by atoms with Gasteiger partial charge in [-0.2, -0.15) is 14.7 Å². The fourth-order valence-electron chi connectivity index (χ4n) is 4.88. The summed E-state index contributed by atoms with van der Waals surface area (Å²) < 4.78 is 5.70. The summed E-state index contributed by atoms with van der Waals surface area (Å²) in [7, 11) is 0. The van der Waals surface area contributed by atoms with E-state index in [-0.39, 0.29) is 17.6 Å². The monoisotopic (exact) mass is 663 g/mol. The maximum Gasteiger partial charge on any atom is 0.253 e. The number of nitrogens with zero attached hydrogens (tertiary/aromatic N) is 8. The number of nitrogen functional groups attached to an aromatic ring is 1. The molecule has 3 aromatic rings. The minimum Gasteiger partial charge on any atom is -0.382 e. The Kier molecular flexibility index (Phi) is 16.8. The van der Waals surface area contributed by atoms with Gasteiger partial charge in [0, 0.05) is 37.3 Å². The van der Waals surface area contributed by atoms with Crippen molar-refractivity contribution in [1.29, 1.82) is 5.26 Å². The Morgan fingerprint density at radius 1 is 0.830 bits per heavy atom. The van der Waals surface area contributed by atoms with E-state index in [2.05, 4.69) is 53.5 Å². The first kappa shape index (κ1) is 39.1. The lowest BCUT2D eigenvalue weighted by Crippen LogP contribution is -2.35. The summed E-state index contributed by atoms with van der Waals surface area (Å²) in [4.78, 5) is 31.7. The summed E-state index contributed by atoms with van der Waals surface area (Å²) in [6.45, 7) is 18.5. The second kappa shape index (κ2) is 20.2. The van der Waals surface area contributed by atoms with E-state index in [1.165, 1.54) is 4.68 Å². The molecule has 2 amide bonds. The van der Waals surface area contributed by atoms with Crippen molar-refractivity contribution >= 4 is 39.9 Å². The Balaban J connectivity index is 0.00000376. The van der Waals surface area contributed by atoms with Crippen molar-refractivity contribution < 1.29 is 9.59 Å².